The van der Waals surface area contributed by atoms with E-state index in [1.807, 2.05) is 30.3 Å². The number of allylic oxidation sites excluding steroid dienone is 1. The van der Waals surface area contributed by atoms with E-state index < -0.39 is 0 Å². The van der Waals surface area contributed by atoms with Gasteiger partial charge in [0.25, 0.3) is 0 Å². The van der Waals surface area contributed by atoms with Crippen molar-refractivity contribution in [3.8, 4) is 0 Å². The molecule has 1 nitrogen and oxygen atoms in total. The third-order valence-electron chi connectivity index (χ3n) is 2.21. The monoisotopic (exact) mass is 222 g/mol. The highest BCUT2D eigenvalue weighted by Gasteiger charge is 2.05. The smallest absolute Gasteiger partial charge is 0.137 e. The number of unbranched alkanes of at least 4 members (excludes halogenated alkanes) is 1. The molecule has 1 aromatic carbocycles. The number of halogens is 1. The summed E-state index contributed by atoms with van der Waals surface area (Å²) in [5, 5.41) is 0.676. The molecule has 0 amide bonds. The minimum Gasteiger partial charge on any atom is -0.299 e. The van der Waals surface area contributed by atoms with Gasteiger partial charge in [-0.15, -0.1) is 6.58 Å². The van der Waals surface area contributed by atoms with Crippen LogP contribution in [0, 0.1) is 0 Å². The molecule has 0 aliphatic rings. The Morgan fingerprint density at radius 2 is 2.13 bits per heavy atom. The first kappa shape index (κ1) is 12.0. The van der Waals surface area contributed by atoms with Gasteiger partial charge in [0.05, 0.1) is 0 Å². The topological polar surface area (TPSA) is 17.1 Å². The van der Waals surface area contributed by atoms with Crippen LogP contribution in [-0.2, 0) is 11.2 Å². The summed E-state index contributed by atoms with van der Waals surface area (Å²) in [6.45, 7) is 3.62. The van der Waals surface area contributed by atoms with E-state index in [4.69, 9.17) is 11.6 Å². The molecule has 0 fully saturated rings. The lowest BCUT2D eigenvalue weighted by Crippen LogP contribution is -2.02. The molecule has 0 aliphatic carbocycles. The zero-order chi connectivity index (χ0) is 11.1. The molecular weight excluding hydrogens is 208 g/mol. The Hall–Kier alpha value is -1.08. The standard InChI is InChI=1S/C13H15ClO/c1-2-3-4-8-12(15)10-11-7-5-6-9-13(11)14/h2,5-7,9H,1,3-4,8,10H2. The van der Waals surface area contributed by atoms with Gasteiger partial charge in [0, 0.05) is 17.9 Å². The quantitative estimate of drug-likeness (QED) is 0.529. The molecule has 0 unspecified atom stereocenters. The van der Waals surface area contributed by atoms with Crippen LogP contribution in [0.3, 0.4) is 0 Å². The second-order valence-electron chi connectivity index (χ2n) is 3.49. The summed E-state index contributed by atoms with van der Waals surface area (Å²) in [6, 6.07) is 7.48. The van der Waals surface area contributed by atoms with E-state index in [2.05, 4.69) is 6.58 Å². The van der Waals surface area contributed by atoms with Crippen LogP contribution in [-0.4, -0.2) is 5.78 Å². The van der Waals surface area contributed by atoms with Crippen molar-refractivity contribution in [3.05, 3.63) is 47.5 Å². The maximum Gasteiger partial charge on any atom is 0.137 e. The van der Waals surface area contributed by atoms with E-state index >= 15 is 0 Å². The van der Waals surface area contributed by atoms with Gasteiger partial charge in [0.1, 0.15) is 5.78 Å². The molecule has 0 bridgehead atoms. The highest BCUT2D eigenvalue weighted by atomic mass is 35.5. The van der Waals surface area contributed by atoms with Gasteiger partial charge in [0.15, 0.2) is 0 Å². The fourth-order valence-corrected chi connectivity index (χ4v) is 1.59. The van der Waals surface area contributed by atoms with Crippen LogP contribution >= 0.6 is 11.6 Å². The van der Waals surface area contributed by atoms with Crippen molar-refractivity contribution in [3.63, 3.8) is 0 Å². The summed E-state index contributed by atoms with van der Waals surface area (Å²) in [5.41, 5.74) is 0.919. The van der Waals surface area contributed by atoms with E-state index in [-0.39, 0.29) is 5.78 Å². The highest BCUT2D eigenvalue weighted by molar-refractivity contribution is 6.31. The van der Waals surface area contributed by atoms with E-state index in [1.54, 1.807) is 0 Å². The number of benzene rings is 1. The predicted molar refractivity (Wildman–Crippen MR) is 64.2 cm³/mol. The fourth-order valence-electron chi connectivity index (χ4n) is 1.39. The Morgan fingerprint density at radius 3 is 2.80 bits per heavy atom. The summed E-state index contributed by atoms with van der Waals surface area (Å²) in [7, 11) is 0. The van der Waals surface area contributed by atoms with Gasteiger partial charge in [0.2, 0.25) is 0 Å². The second kappa shape index (κ2) is 6.41. The number of carbonyl (C=O) groups excluding carboxylic acids is 1. The molecule has 0 radical (unpaired) electrons. The first-order valence-electron chi connectivity index (χ1n) is 5.10. The molecule has 0 saturated carbocycles. The zero-order valence-electron chi connectivity index (χ0n) is 8.71. The lowest BCUT2D eigenvalue weighted by Gasteiger charge is -2.02. The van der Waals surface area contributed by atoms with Crippen LogP contribution in [0.4, 0.5) is 0 Å². The van der Waals surface area contributed by atoms with Crippen molar-refractivity contribution < 1.29 is 4.79 Å². The van der Waals surface area contributed by atoms with Gasteiger partial charge in [-0.3, -0.25) is 4.79 Å². The Labute approximate surface area is 95.8 Å². The normalized spacial score (nSPS) is 9.93. The van der Waals surface area contributed by atoms with Crippen molar-refractivity contribution in [2.75, 3.05) is 0 Å². The van der Waals surface area contributed by atoms with E-state index in [0.29, 0.717) is 17.9 Å². The molecule has 0 heterocycles. The molecule has 0 N–H and O–H groups in total. The van der Waals surface area contributed by atoms with Crippen LogP contribution in [0.2, 0.25) is 5.02 Å². The minimum atomic E-state index is 0.241. The molecule has 0 aromatic heterocycles. The lowest BCUT2D eigenvalue weighted by atomic mass is 10.0. The summed E-state index contributed by atoms with van der Waals surface area (Å²) in [6.07, 6.45) is 4.66. The molecule has 1 aromatic rings. The summed E-state index contributed by atoms with van der Waals surface area (Å²) in [5.74, 6) is 0.241. The van der Waals surface area contributed by atoms with Gasteiger partial charge >= 0.3 is 0 Å². The number of rotatable bonds is 6. The molecule has 0 atom stereocenters. The molecule has 15 heavy (non-hydrogen) atoms. The number of hydrogen-bond acceptors (Lipinski definition) is 1. The predicted octanol–water partition coefficient (Wildman–Crippen LogP) is 3.81. The van der Waals surface area contributed by atoms with Crippen molar-refractivity contribution in [1.29, 1.82) is 0 Å². The number of Topliss-reactive ketones (excluding diaryl/α,β-unsaturated/α-hetero) is 1. The Morgan fingerprint density at radius 1 is 1.40 bits per heavy atom. The van der Waals surface area contributed by atoms with E-state index in [0.717, 1.165) is 18.4 Å². The minimum absolute atomic E-state index is 0.241. The molecule has 0 aliphatic heterocycles. The average Bonchev–Trinajstić information content (AvgIpc) is 2.22. The molecular formula is C13H15ClO. The summed E-state index contributed by atoms with van der Waals surface area (Å²) < 4.78 is 0. The molecule has 1 rings (SSSR count). The van der Waals surface area contributed by atoms with Gasteiger partial charge in [-0.05, 0) is 24.5 Å². The van der Waals surface area contributed by atoms with Crippen LogP contribution in [0.1, 0.15) is 24.8 Å². The highest BCUT2D eigenvalue weighted by Crippen LogP contribution is 2.16. The largest absolute Gasteiger partial charge is 0.299 e. The zero-order valence-corrected chi connectivity index (χ0v) is 9.46. The fraction of sp³-hybridized carbons (Fsp3) is 0.308. The maximum absolute atomic E-state index is 11.5. The van der Waals surface area contributed by atoms with Gasteiger partial charge in [-0.2, -0.15) is 0 Å². The number of ketones is 1. The van der Waals surface area contributed by atoms with E-state index in [9.17, 15) is 4.79 Å². The Kier molecular flexibility index (Phi) is 5.13. The van der Waals surface area contributed by atoms with Crippen LogP contribution in [0.25, 0.3) is 0 Å². The third-order valence-corrected chi connectivity index (χ3v) is 2.58. The number of hydrogen-bond donors (Lipinski definition) is 0. The van der Waals surface area contributed by atoms with Crippen LogP contribution in [0.15, 0.2) is 36.9 Å². The van der Waals surface area contributed by atoms with Gasteiger partial charge < -0.3 is 0 Å². The maximum atomic E-state index is 11.5. The molecule has 0 saturated heterocycles. The van der Waals surface area contributed by atoms with Crippen LogP contribution in [0.5, 0.6) is 0 Å². The third kappa shape index (κ3) is 4.30. The summed E-state index contributed by atoms with van der Waals surface area (Å²) in [4.78, 5) is 11.5. The molecule has 2 heteroatoms. The lowest BCUT2D eigenvalue weighted by molar-refractivity contribution is -0.118. The van der Waals surface area contributed by atoms with Crippen molar-refractivity contribution in [2.24, 2.45) is 0 Å². The Balaban J connectivity index is 2.44. The van der Waals surface area contributed by atoms with Crippen molar-refractivity contribution >= 4 is 17.4 Å². The van der Waals surface area contributed by atoms with Gasteiger partial charge in [-0.1, -0.05) is 35.9 Å². The second-order valence-corrected chi connectivity index (χ2v) is 3.89. The van der Waals surface area contributed by atoms with Crippen molar-refractivity contribution in [2.45, 2.75) is 25.7 Å². The number of carbonyl (C=O) groups is 1. The van der Waals surface area contributed by atoms with Crippen LogP contribution < -0.4 is 0 Å². The van der Waals surface area contributed by atoms with E-state index in [1.165, 1.54) is 0 Å². The summed E-state index contributed by atoms with van der Waals surface area (Å²) >= 11 is 5.96. The van der Waals surface area contributed by atoms with Gasteiger partial charge in [-0.25, -0.2) is 0 Å². The SMILES string of the molecule is C=CCCCC(=O)Cc1ccccc1Cl. The first-order chi connectivity index (χ1) is 7.24. The van der Waals surface area contributed by atoms with Crippen molar-refractivity contribution in [1.82, 2.24) is 0 Å². The molecule has 80 valence electrons. The molecule has 0 spiro atoms. The first-order valence-corrected chi connectivity index (χ1v) is 5.48. The average molecular weight is 223 g/mol. The Bertz CT molecular complexity index is 344.